The van der Waals surface area contributed by atoms with Gasteiger partial charge in [-0.3, -0.25) is 10.7 Å². The van der Waals surface area contributed by atoms with E-state index in [2.05, 4.69) is 78.3 Å². The van der Waals surface area contributed by atoms with Crippen LogP contribution in [0.2, 0.25) is 0 Å². The first kappa shape index (κ1) is 17.3. The van der Waals surface area contributed by atoms with Gasteiger partial charge in [-0.15, -0.1) is 0 Å². The van der Waals surface area contributed by atoms with Crippen molar-refractivity contribution in [3.8, 4) is 0 Å². The van der Waals surface area contributed by atoms with Gasteiger partial charge in [-0.25, -0.2) is 0 Å². The fraction of sp³-hybridized carbons (Fsp3) is 0.136. The van der Waals surface area contributed by atoms with Gasteiger partial charge >= 0.3 is 0 Å². The molecule has 2 N–H and O–H groups in total. The molecule has 0 aliphatic carbocycles. The van der Waals surface area contributed by atoms with Gasteiger partial charge in [0.25, 0.3) is 0 Å². The van der Waals surface area contributed by atoms with Gasteiger partial charge in [0.05, 0.1) is 0 Å². The van der Waals surface area contributed by atoms with Crippen LogP contribution in [0.15, 0.2) is 91.0 Å². The van der Waals surface area contributed by atoms with Crippen LogP contribution < -0.4 is 5.48 Å². The Balaban J connectivity index is 2.22. The van der Waals surface area contributed by atoms with E-state index in [0.717, 1.165) is 6.42 Å². The highest BCUT2D eigenvalue weighted by atomic mass is 32.1. The molecule has 3 heteroatoms. The number of benzene rings is 3. The van der Waals surface area contributed by atoms with E-state index in [-0.39, 0.29) is 5.41 Å². The number of rotatable bonds is 6. The predicted octanol–water partition coefficient (Wildman–Crippen LogP) is 5.11. The van der Waals surface area contributed by atoms with Crippen LogP contribution in [0.5, 0.6) is 0 Å². The summed E-state index contributed by atoms with van der Waals surface area (Å²) in [6.07, 6.45) is 1.35. The second-order valence-corrected chi connectivity index (χ2v) is 6.53. The Bertz CT molecular complexity index is 707. The Morgan fingerprint density at radius 2 is 1.08 bits per heavy atom. The van der Waals surface area contributed by atoms with Crippen LogP contribution in [0.25, 0.3) is 0 Å². The van der Waals surface area contributed by atoms with Gasteiger partial charge in [0.1, 0.15) is 4.99 Å². The van der Waals surface area contributed by atoms with Crippen molar-refractivity contribution < 1.29 is 5.21 Å². The van der Waals surface area contributed by atoms with E-state index in [0.29, 0.717) is 11.4 Å². The molecule has 2 nitrogen and oxygen atoms in total. The zero-order valence-corrected chi connectivity index (χ0v) is 14.7. The monoisotopic (exact) mass is 347 g/mol. The van der Waals surface area contributed by atoms with Crippen molar-refractivity contribution in [2.45, 2.75) is 18.3 Å². The summed E-state index contributed by atoms with van der Waals surface area (Å²) < 4.78 is 0. The summed E-state index contributed by atoms with van der Waals surface area (Å²) in [4.78, 5) is 0.451. The van der Waals surface area contributed by atoms with Crippen molar-refractivity contribution in [1.29, 1.82) is 0 Å². The highest BCUT2D eigenvalue weighted by Crippen LogP contribution is 2.42. The molecule has 0 unspecified atom stereocenters. The molecular weight excluding hydrogens is 326 g/mol. The molecule has 0 aromatic heterocycles. The summed E-state index contributed by atoms with van der Waals surface area (Å²) in [5.41, 5.74) is 5.44. The molecule has 0 heterocycles. The fourth-order valence-corrected chi connectivity index (χ4v) is 3.56. The van der Waals surface area contributed by atoms with Gasteiger partial charge in [0.2, 0.25) is 0 Å². The molecule has 3 aromatic carbocycles. The average Bonchev–Trinajstić information content (AvgIpc) is 2.71. The number of hydrogen-bond donors (Lipinski definition) is 2. The summed E-state index contributed by atoms with van der Waals surface area (Å²) in [6.45, 7) is 0. The Kier molecular flexibility index (Phi) is 5.59. The van der Waals surface area contributed by atoms with Crippen LogP contribution in [-0.2, 0) is 5.41 Å². The summed E-state index contributed by atoms with van der Waals surface area (Å²) in [7, 11) is 0. The molecule has 0 fully saturated rings. The lowest BCUT2D eigenvalue weighted by atomic mass is 9.67. The maximum absolute atomic E-state index is 9.15. The molecular formula is C22H21NOS. The second-order valence-electron chi connectivity index (χ2n) is 6.04. The summed E-state index contributed by atoms with van der Waals surface area (Å²) in [6, 6.07) is 31.5. The molecule has 126 valence electrons. The quantitative estimate of drug-likeness (QED) is 0.369. The lowest BCUT2D eigenvalue weighted by Gasteiger charge is -2.36. The van der Waals surface area contributed by atoms with Crippen LogP contribution in [-0.4, -0.2) is 10.2 Å². The van der Waals surface area contributed by atoms with E-state index in [1.807, 2.05) is 18.2 Å². The van der Waals surface area contributed by atoms with E-state index in [1.54, 1.807) is 0 Å². The molecule has 0 saturated heterocycles. The molecule has 0 aliphatic heterocycles. The molecule has 25 heavy (non-hydrogen) atoms. The first-order valence-electron chi connectivity index (χ1n) is 8.37. The smallest absolute Gasteiger partial charge is 0.100 e. The van der Waals surface area contributed by atoms with Crippen LogP contribution in [0.1, 0.15) is 29.5 Å². The molecule has 0 radical (unpaired) electrons. The fourth-order valence-electron chi connectivity index (χ4n) is 3.46. The van der Waals surface area contributed by atoms with Crippen LogP contribution in [0, 0.1) is 0 Å². The first-order chi connectivity index (χ1) is 12.3. The first-order valence-corrected chi connectivity index (χ1v) is 8.78. The van der Waals surface area contributed by atoms with Gasteiger partial charge in [-0.1, -0.05) is 103 Å². The van der Waals surface area contributed by atoms with Gasteiger partial charge in [0.15, 0.2) is 0 Å². The van der Waals surface area contributed by atoms with E-state index in [1.165, 1.54) is 16.7 Å². The van der Waals surface area contributed by atoms with E-state index < -0.39 is 0 Å². The topological polar surface area (TPSA) is 32.3 Å². The minimum atomic E-state index is -0.329. The van der Waals surface area contributed by atoms with Crippen molar-refractivity contribution in [3.05, 3.63) is 108 Å². The van der Waals surface area contributed by atoms with E-state index in [9.17, 15) is 0 Å². The Hall–Kier alpha value is -2.49. The molecule has 3 rings (SSSR count). The predicted molar refractivity (Wildman–Crippen MR) is 106 cm³/mol. The lowest BCUT2D eigenvalue weighted by Crippen LogP contribution is -2.31. The lowest BCUT2D eigenvalue weighted by molar-refractivity contribution is 0.234. The van der Waals surface area contributed by atoms with Crippen molar-refractivity contribution in [1.82, 2.24) is 5.48 Å². The third-order valence-electron chi connectivity index (χ3n) is 4.65. The number of thiocarbonyl (C=S) groups is 1. The number of nitrogens with one attached hydrogen (secondary N) is 1. The minimum Gasteiger partial charge on any atom is -0.291 e. The van der Waals surface area contributed by atoms with Gasteiger partial charge in [-0.2, -0.15) is 0 Å². The largest absolute Gasteiger partial charge is 0.291 e. The van der Waals surface area contributed by atoms with Crippen molar-refractivity contribution in [2.24, 2.45) is 0 Å². The van der Waals surface area contributed by atoms with Crippen molar-refractivity contribution >= 4 is 17.2 Å². The van der Waals surface area contributed by atoms with Crippen molar-refractivity contribution in [2.75, 3.05) is 0 Å². The Morgan fingerprint density at radius 1 is 0.720 bits per heavy atom. The number of hydrogen-bond acceptors (Lipinski definition) is 2. The Morgan fingerprint density at radius 3 is 1.40 bits per heavy atom. The Labute approximate surface area is 154 Å². The zero-order chi connectivity index (χ0) is 17.5. The van der Waals surface area contributed by atoms with Gasteiger partial charge in [-0.05, 0) is 23.1 Å². The normalized spacial score (nSPS) is 11.1. The molecule has 0 amide bonds. The maximum Gasteiger partial charge on any atom is 0.100 e. The molecule has 0 aliphatic rings. The minimum absolute atomic E-state index is 0.329. The maximum atomic E-state index is 9.15. The molecule has 0 saturated carbocycles. The third kappa shape index (κ3) is 3.63. The third-order valence-corrected chi connectivity index (χ3v) is 4.95. The summed E-state index contributed by atoms with van der Waals surface area (Å²) in [5, 5.41) is 9.15. The van der Waals surface area contributed by atoms with Gasteiger partial charge in [0, 0.05) is 11.8 Å². The van der Waals surface area contributed by atoms with Crippen LogP contribution in [0.4, 0.5) is 0 Å². The number of hydroxylamine groups is 1. The van der Waals surface area contributed by atoms with E-state index >= 15 is 0 Å². The molecule has 0 spiro atoms. The average molecular weight is 347 g/mol. The second kappa shape index (κ2) is 8.06. The molecule has 3 aromatic rings. The van der Waals surface area contributed by atoms with Gasteiger partial charge < -0.3 is 0 Å². The highest BCUT2D eigenvalue weighted by molar-refractivity contribution is 7.80. The molecule has 0 atom stereocenters. The zero-order valence-electron chi connectivity index (χ0n) is 13.9. The summed E-state index contributed by atoms with van der Waals surface area (Å²) in [5.74, 6) is 0. The standard InChI is InChI=1S/C22H21NOS/c24-23-21(25)16-17-22(18-10-4-1-5-11-18,19-12-6-2-7-13-19)20-14-8-3-9-15-20/h1-15,24H,16-17H2,(H,23,25). The van der Waals surface area contributed by atoms with Crippen molar-refractivity contribution in [3.63, 3.8) is 0 Å². The van der Waals surface area contributed by atoms with Crippen LogP contribution >= 0.6 is 12.2 Å². The molecule has 0 bridgehead atoms. The SMILES string of the molecule is ONC(=S)CCC(c1ccccc1)(c1ccccc1)c1ccccc1. The van der Waals surface area contributed by atoms with E-state index in [4.69, 9.17) is 17.4 Å². The van der Waals surface area contributed by atoms with Crippen LogP contribution in [0.3, 0.4) is 0 Å². The highest BCUT2D eigenvalue weighted by Gasteiger charge is 2.35. The summed E-state index contributed by atoms with van der Waals surface area (Å²) >= 11 is 5.21.